The van der Waals surface area contributed by atoms with Crippen LogP contribution in [-0.4, -0.2) is 26.2 Å². The molecule has 1 aromatic heterocycles. The number of anilines is 1. The van der Waals surface area contributed by atoms with Gasteiger partial charge in [0.1, 0.15) is 0 Å². The fourth-order valence-electron chi connectivity index (χ4n) is 0.857. The van der Waals surface area contributed by atoms with Crippen LogP contribution in [0.3, 0.4) is 0 Å². The summed E-state index contributed by atoms with van der Waals surface area (Å²) in [6, 6.07) is 3.06. The fraction of sp³-hybridized carbons (Fsp3) is 0.222. The molecule has 15 heavy (non-hydrogen) atoms. The molecule has 1 aromatic rings. The Balaban J connectivity index is 0.00000196. The summed E-state index contributed by atoms with van der Waals surface area (Å²) in [6.45, 7) is 0.389. The molecule has 0 radical (unpaired) electrons. The lowest BCUT2D eigenvalue weighted by molar-refractivity contribution is 0.598. The third kappa shape index (κ3) is 4.19. The molecule has 0 saturated carbocycles. The topological polar surface area (TPSA) is 59.1 Å². The van der Waals surface area contributed by atoms with Gasteiger partial charge in [-0.2, -0.15) is 0 Å². The lowest BCUT2D eigenvalue weighted by Gasteiger charge is -2.02. The van der Waals surface area contributed by atoms with Crippen molar-refractivity contribution in [3.63, 3.8) is 0 Å². The van der Waals surface area contributed by atoms with Crippen LogP contribution in [0.4, 0.5) is 5.69 Å². The van der Waals surface area contributed by atoms with Crippen molar-refractivity contribution in [1.82, 2.24) is 4.98 Å². The van der Waals surface area contributed by atoms with Crippen molar-refractivity contribution < 1.29 is 8.42 Å². The van der Waals surface area contributed by atoms with E-state index in [0.29, 0.717) is 12.2 Å². The van der Waals surface area contributed by atoms with Crippen LogP contribution in [0.25, 0.3) is 0 Å². The van der Waals surface area contributed by atoms with Crippen molar-refractivity contribution in [3.8, 4) is 12.3 Å². The van der Waals surface area contributed by atoms with E-state index in [1.54, 1.807) is 6.07 Å². The third-order valence-corrected chi connectivity index (χ3v) is 2.51. The normalized spacial score (nSPS) is 9.87. The van der Waals surface area contributed by atoms with Crippen molar-refractivity contribution >= 4 is 27.9 Å². The minimum Gasteiger partial charge on any atom is -0.373 e. The van der Waals surface area contributed by atoms with Crippen LogP contribution in [-0.2, 0) is 9.84 Å². The molecule has 0 spiro atoms. The Bertz CT molecular complexity index is 448. The average molecular weight is 247 g/mol. The van der Waals surface area contributed by atoms with E-state index >= 15 is 0 Å². The highest BCUT2D eigenvalue weighted by Gasteiger charge is 2.07. The number of nitrogens with zero attached hydrogens (tertiary/aromatic N) is 1. The zero-order valence-electron chi connectivity index (χ0n) is 8.10. The summed E-state index contributed by atoms with van der Waals surface area (Å²) in [6.07, 6.45) is 7.60. The molecule has 0 amide bonds. The molecule has 0 aliphatic heterocycles. The molecule has 0 fully saturated rings. The number of terminal acetylenes is 1. The van der Waals surface area contributed by atoms with Crippen LogP contribution in [0.5, 0.6) is 0 Å². The molecule has 0 saturated heterocycles. The van der Waals surface area contributed by atoms with Crippen LogP contribution >= 0.6 is 12.4 Å². The van der Waals surface area contributed by atoms with Crippen LogP contribution < -0.4 is 5.32 Å². The zero-order valence-corrected chi connectivity index (χ0v) is 9.73. The van der Waals surface area contributed by atoms with Crippen LogP contribution in [0, 0.1) is 12.3 Å². The average Bonchev–Trinajstić information content (AvgIpc) is 2.14. The van der Waals surface area contributed by atoms with Gasteiger partial charge in [-0.3, -0.25) is 0 Å². The monoisotopic (exact) mass is 246 g/mol. The Kier molecular flexibility index (Phi) is 5.12. The highest BCUT2D eigenvalue weighted by atomic mass is 35.5. The molecule has 6 heteroatoms. The molecular weight excluding hydrogens is 236 g/mol. The minimum atomic E-state index is -3.22. The van der Waals surface area contributed by atoms with Crippen molar-refractivity contribution in [2.24, 2.45) is 0 Å². The first-order valence-electron chi connectivity index (χ1n) is 3.87. The lowest BCUT2D eigenvalue weighted by atomic mass is 10.4. The van der Waals surface area contributed by atoms with E-state index in [2.05, 4.69) is 16.2 Å². The first-order chi connectivity index (χ1) is 6.54. The lowest BCUT2D eigenvalue weighted by Crippen LogP contribution is -2.02. The number of pyridine rings is 1. The predicted octanol–water partition coefficient (Wildman–Crippen LogP) is 0.952. The Hall–Kier alpha value is -1.25. The van der Waals surface area contributed by atoms with E-state index in [1.807, 2.05) is 0 Å². The quantitative estimate of drug-likeness (QED) is 0.807. The van der Waals surface area contributed by atoms with Crippen molar-refractivity contribution in [2.45, 2.75) is 5.03 Å². The molecule has 0 aliphatic carbocycles. The highest BCUT2D eigenvalue weighted by molar-refractivity contribution is 7.90. The van der Waals surface area contributed by atoms with Gasteiger partial charge in [-0.25, -0.2) is 13.4 Å². The fourth-order valence-corrected chi connectivity index (χ4v) is 1.42. The Labute approximate surface area is 95.4 Å². The number of aromatic nitrogens is 1. The van der Waals surface area contributed by atoms with Gasteiger partial charge in [0.2, 0.25) is 0 Å². The molecule has 0 atom stereocenters. The maximum atomic E-state index is 11.0. The summed E-state index contributed by atoms with van der Waals surface area (Å²) < 4.78 is 22.1. The van der Waals surface area contributed by atoms with Gasteiger partial charge in [0.25, 0.3) is 0 Å². The second kappa shape index (κ2) is 5.59. The van der Waals surface area contributed by atoms with Crippen LogP contribution in [0.15, 0.2) is 23.4 Å². The minimum absolute atomic E-state index is 0. The molecule has 4 nitrogen and oxygen atoms in total. The first kappa shape index (κ1) is 13.8. The number of sulfone groups is 1. The van der Waals surface area contributed by atoms with Gasteiger partial charge >= 0.3 is 0 Å². The van der Waals surface area contributed by atoms with Gasteiger partial charge in [0.15, 0.2) is 14.9 Å². The van der Waals surface area contributed by atoms with Gasteiger partial charge < -0.3 is 5.32 Å². The van der Waals surface area contributed by atoms with E-state index in [9.17, 15) is 8.42 Å². The van der Waals surface area contributed by atoms with E-state index in [-0.39, 0.29) is 17.4 Å². The maximum absolute atomic E-state index is 11.0. The largest absolute Gasteiger partial charge is 0.373 e. The van der Waals surface area contributed by atoms with E-state index in [1.165, 1.54) is 12.3 Å². The molecule has 1 rings (SSSR count). The van der Waals surface area contributed by atoms with Crippen LogP contribution in [0.1, 0.15) is 0 Å². The molecule has 1 heterocycles. The maximum Gasteiger partial charge on any atom is 0.192 e. The molecular formula is C9H11ClN2O2S. The number of halogens is 1. The Morgan fingerprint density at radius 1 is 1.53 bits per heavy atom. The van der Waals surface area contributed by atoms with Gasteiger partial charge in [-0.1, -0.05) is 5.92 Å². The van der Waals surface area contributed by atoms with Crippen molar-refractivity contribution in [1.29, 1.82) is 0 Å². The van der Waals surface area contributed by atoms with Crippen molar-refractivity contribution in [3.05, 3.63) is 18.3 Å². The van der Waals surface area contributed by atoms with Gasteiger partial charge in [0, 0.05) is 6.26 Å². The third-order valence-electron chi connectivity index (χ3n) is 1.51. The summed E-state index contributed by atoms with van der Waals surface area (Å²) >= 11 is 0. The Morgan fingerprint density at radius 3 is 2.60 bits per heavy atom. The van der Waals surface area contributed by atoms with E-state index in [0.717, 1.165) is 6.26 Å². The summed E-state index contributed by atoms with van der Waals surface area (Å²) in [5.41, 5.74) is 0.704. The summed E-state index contributed by atoms with van der Waals surface area (Å²) in [5.74, 6) is 2.40. The SMILES string of the molecule is C#CCNc1ccc(S(C)(=O)=O)nc1.Cl. The molecule has 1 N–H and O–H groups in total. The van der Waals surface area contributed by atoms with E-state index in [4.69, 9.17) is 6.42 Å². The highest BCUT2D eigenvalue weighted by Crippen LogP contribution is 2.09. The molecule has 0 unspecified atom stereocenters. The molecule has 0 aromatic carbocycles. The molecule has 0 aliphatic rings. The number of nitrogens with one attached hydrogen (secondary N) is 1. The smallest absolute Gasteiger partial charge is 0.192 e. The van der Waals surface area contributed by atoms with Gasteiger partial charge in [0.05, 0.1) is 18.4 Å². The predicted molar refractivity (Wildman–Crippen MR) is 61.9 cm³/mol. The first-order valence-corrected chi connectivity index (χ1v) is 5.76. The zero-order chi connectivity index (χ0) is 10.6. The second-order valence-electron chi connectivity index (χ2n) is 2.71. The summed E-state index contributed by atoms with van der Waals surface area (Å²) in [4.78, 5) is 3.78. The standard InChI is InChI=1S/C9H10N2O2S.ClH/c1-3-6-10-8-4-5-9(11-7-8)14(2,12)13;/h1,4-5,7,10H,6H2,2H3;1H. The number of hydrogen-bond donors (Lipinski definition) is 1. The molecule has 82 valence electrons. The summed E-state index contributed by atoms with van der Waals surface area (Å²) in [5, 5.41) is 2.94. The van der Waals surface area contributed by atoms with Gasteiger partial charge in [-0.05, 0) is 12.1 Å². The molecule has 0 bridgehead atoms. The van der Waals surface area contributed by atoms with E-state index < -0.39 is 9.84 Å². The Morgan fingerprint density at radius 2 is 2.20 bits per heavy atom. The second-order valence-corrected chi connectivity index (χ2v) is 4.68. The van der Waals surface area contributed by atoms with Crippen molar-refractivity contribution in [2.75, 3.05) is 18.1 Å². The van der Waals surface area contributed by atoms with Gasteiger partial charge in [-0.15, -0.1) is 18.8 Å². The number of hydrogen-bond acceptors (Lipinski definition) is 4. The van der Waals surface area contributed by atoms with Crippen LogP contribution in [0.2, 0.25) is 0 Å². The number of rotatable bonds is 3. The summed E-state index contributed by atoms with van der Waals surface area (Å²) in [7, 11) is -3.22.